The summed E-state index contributed by atoms with van der Waals surface area (Å²) in [5.41, 5.74) is 2.68. The molecule has 0 unspecified atom stereocenters. The maximum Gasteiger partial charge on any atom is 0.270 e. The van der Waals surface area contributed by atoms with Gasteiger partial charge in [-0.1, -0.05) is 12.1 Å². The number of amides is 1. The van der Waals surface area contributed by atoms with Crippen LogP contribution in [0.3, 0.4) is 0 Å². The molecule has 0 saturated carbocycles. The quantitative estimate of drug-likeness (QED) is 0.711. The summed E-state index contributed by atoms with van der Waals surface area (Å²) in [4.78, 5) is 25.1. The molecule has 3 rings (SSSR count). The normalized spacial score (nSPS) is 10.2. The molecule has 132 valence electrons. The molecule has 3 aromatic rings. The van der Waals surface area contributed by atoms with Gasteiger partial charge < -0.3 is 15.4 Å². The zero-order valence-electron chi connectivity index (χ0n) is 14.6. The largest absolute Gasteiger partial charge is 0.497 e. The Balaban J connectivity index is 1.73. The second-order valence-corrected chi connectivity index (χ2v) is 5.62. The van der Waals surface area contributed by atoms with Gasteiger partial charge in [0, 0.05) is 36.4 Å². The van der Waals surface area contributed by atoms with Crippen molar-refractivity contribution in [3.63, 3.8) is 0 Å². The Morgan fingerprint density at radius 1 is 1.15 bits per heavy atom. The van der Waals surface area contributed by atoms with Crippen LogP contribution in [0.4, 0.5) is 11.6 Å². The van der Waals surface area contributed by atoms with Crippen LogP contribution in [0.1, 0.15) is 21.7 Å². The maximum absolute atomic E-state index is 12.4. The molecule has 1 aromatic carbocycles. The van der Waals surface area contributed by atoms with Crippen molar-refractivity contribution >= 4 is 17.5 Å². The van der Waals surface area contributed by atoms with Crippen LogP contribution >= 0.6 is 0 Å². The molecule has 7 nitrogen and oxygen atoms in total. The Bertz CT molecular complexity index is 899. The lowest BCUT2D eigenvalue weighted by atomic mass is 10.2. The van der Waals surface area contributed by atoms with Gasteiger partial charge in [0.1, 0.15) is 11.4 Å². The predicted molar refractivity (Wildman–Crippen MR) is 98.5 cm³/mol. The number of benzene rings is 1. The maximum atomic E-state index is 12.4. The number of pyridine rings is 1. The van der Waals surface area contributed by atoms with Crippen molar-refractivity contribution in [2.24, 2.45) is 0 Å². The van der Waals surface area contributed by atoms with Crippen LogP contribution < -0.4 is 15.4 Å². The molecular formula is C19H19N5O2. The van der Waals surface area contributed by atoms with Gasteiger partial charge in [-0.25, -0.2) is 9.97 Å². The van der Waals surface area contributed by atoms with E-state index >= 15 is 0 Å². The average Bonchev–Trinajstić information content (AvgIpc) is 2.66. The summed E-state index contributed by atoms with van der Waals surface area (Å²) < 4.78 is 5.20. The van der Waals surface area contributed by atoms with Crippen molar-refractivity contribution in [1.29, 1.82) is 0 Å². The molecule has 0 saturated heterocycles. The first-order chi connectivity index (χ1) is 12.6. The van der Waals surface area contributed by atoms with Gasteiger partial charge in [-0.2, -0.15) is 0 Å². The van der Waals surface area contributed by atoms with Crippen LogP contribution in [0.2, 0.25) is 0 Å². The zero-order valence-corrected chi connectivity index (χ0v) is 14.6. The number of ether oxygens (including phenoxy) is 1. The SMILES string of the molecule is COc1cccc(Nc2nc(C)cc(C(=O)NCc3cccnc3)n2)c1. The molecule has 1 amide bonds. The minimum atomic E-state index is -0.270. The highest BCUT2D eigenvalue weighted by Crippen LogP contribution is 2.19. The van der Waals surface area contributed by atoms with Crippen LogP contribution in [0.5, 0.6) is 5.75 Å². The van der Waals surface area contributed by atoms with E-state index in [2.05, 4.69) is 25.6 Å². The monoisotopic (exact) mass is 349 g/mol. The topological polar surface area (TPSA) is 89.0 Å². The smallest absolute Gasteiger partial charge is 0.270 e. The van der Waals surface area contributed by atoms with E-state index in [4.69, 9.17) is 4.74 Å². The van der Waals surface area contributed by atoms with Crippen molar-refractivity contribution in [3.05, 3.63) is 71.8 Å². The Hall–Kier alpha value is -3.48. The van der Waals surface area contributed by atoms with Crippen LogP contribution in [0.25, 0.3) is 0 Å². The third-order valence-corrected chi connectivity index (χ3v) is 3.59. The average molecular weight is 349 g/mol. The Morgan fingerprint density at radius 3 is 2.81 bits per heavy atom. The van der Waals surface area contributed by atoms with E-state index in [9.17, 15) is 4.79 Å². The first kappa shape index (κ1) is 17.3. The number of carbonyl (C=O) groups is 1. The standard InChI is InChI=1S/C19H19N5O2/c1-13-9-17(18(25)21-12-14-5-4-8-20-11-14)24-19(22-13)23-15-6-3-7-16(10-15)26-2/h3-11H,12H2,1-2H3,(H,21,25)(H,22,23,24). The molecule has 0 atom stereocenters. The minimum Gasteiger partial charge on any atom is -0.497 e. The van der Waals surface area contributed by atoms with Crippen molar-refractivity contribution < 1.29 is 9.53 Å². The molecule has 26 heavy (non-hydrogen) atoms. The third-order valence-electron chi connectivity index (χ3n) is 3.59. The van der Waals surface area contributed by atoms with Crippen molar-refractivity contribution in [2.75, 3.05) is 12.4 Å². The molecule has 0 fully saturated rings. The van der Waals surface area contributed by atoms with Gasteiger partial charge in [0.2, 0.25) is 5.95 Å². The fourth-order valence-electron chi connectivity index (χ4n) is 2.35. The fourth-order valence-corrected chi connectivity index (χ4v) is 2.35. The van der Waals surface area contributed by atoms with E-state index in [1.807, 2.05) is 43.3 Å². The van der Waals surface area contributed by atoms with E-state index in [0.29, 0.717) is 23.9 Å². The second kappa shape index (κ2) is 8.06. The Labute approximate surface area is 151 Å². The first-order valence-corrected chi connectivity index (χ1v) is 8.08. The number of anilines is 2. The van der Waals surface area contributed by atoms with Crippen molar-refractivity contribution in [3.8, 4) is 5.75 Å². The van der Waals surface area contributed by atoms with E-state index in [-0.39, 0.29) is 5.91 Å². The van der Waals surface area contributed by atoms with E-state index in [1.165, 1.54) is 0 Å². The number of hydrogen-bond donors (Lipinski definition) is 2. The van der Waals surface area contributed by atoms with Gasteiger partial charge in [0.15, 0.2) is 0 Å². The Morgan fingerprint density at radius 2 is 2.04 bits per heavy atom. The molecule has 0 aliphatic rings. The Kier molecular flexibility index (Phi) is 5.38. The highest BCUT2D eigenvalue weighted by atomic mass is 16.5. The van der Waals surface area contributed by atoms with Crippen LogP contribution in [0.15, 0.2) is 54.9 Å². The first-order valence-electron chi connectivity index (χ1n) is 8.08. The van der Waals surface area contributed by atoms with Crippen molar-refractivity contribution in [1.82, 2.24) is 20.3 Å². The van der Waals surface area contributed by atoms with Crippen LogP contribution in [-0.2, 0) is 6.54 Å². The lowest BCUT2D eigenvalue weighted by Crippen LogP contribution is -2.24. The summed E-state index contributed by atoms with van der Waals surface area (Å²) >= 11 is 0. The highest BCUT2D eigenvalue weighted by molar-refractivity contribution is 5.92. The summed E-state index contributed by atoms with van der Waals surface area (Å²) in [5, 5.41) is 5.93. The second-order valence-electron chi connectivity index (χ2n) is 5.62. The number of aryl methyl sites for hydroxylation is 1. The number of nitrogens with one attached hydrogen (secondary N) is 2. The van der Waals surface area contributed by atoms with Gasteiger partial charge in [-0.3, -0.25) is 9.78 Å². The highest BCUT2D eigenvalue weighted by Gasteiger charge is 2.11. The van der Waals surface area contributed by atoms with Crippen LogP contribution in [0, 0.1) is 6.92 Å². The molecule has 0 radical (unpaired) electrons. The molecular weight excluding hydrogens is 330 g/mol. The van der Waals surface area contributed by atoms with Crippen LogP contribution in [-0.4, -0.2) is 28.0 Å². The van der Waals surface area contributed by atoms with Crippen molar-refractivity contribution in [2.45, 2.75) is 13.5 Å². The van der Waals surface area contributed by atoms with E-state index in [1.54, 1.807) is 25.6 Å². The number of carbonyl (C=O) groups excluding carboxylic acids is 1. The molecule has 0 spiro atoms. The molecule has 0 aliphatic heterocycles. The molecule has 7 heteroatoms. The lowest BCUT2D eigenvalue weighted by molar-refractivity contribution is 0.0945. The fraction of sp³-hybridized carbons (Fsp3) is 0.158. The zero-order chi connectivity index (χ0) is 18.4. The summed E-state index contributed by atoms with van der Waals surface area (Å²) in [6.07, 6.45) is 3.40. The third kappa shape index (κ3) is 4.54. The van der Waals surface area contributed by atoms with Gasteiger partial charge in [-0.15, -0.1) is 0 Å². The van der Waals surface area contributed by atoms with E-state index in [0.717, 1.165) is 17.0 Å². The molecule has 2 aromatic heterocycles. The molecule has 2 N–H and O–H groups in total. The van der Waals surface area contributed by atoms with Gasteiger partial charge >= 0.3 is 0 Å². The minimum absolute atomic E-state index is 0.270. The number of nitrogens with zero attached hydrogens (tertiary/aromatic N) is 3. The summed E-state index contributed by atoms with van der Waals surface area (Å²) in [7, 11) is 1.60. The molecule has 2 heterocycles. The van der Waals surface area contributed by atoms with Gasteiger partial charge in [0.05, 0.1) is 7.11 Å². The number of methoxy groups -OCH3 is 1. The summed E-state index contributed by atoms with van der Waals surface area (Å²) in [6.45, 7) is 2.20. The number of hydrogen-bond acceptors (Lipinski definition) is 6. The number of rotatable bonds is 6. The molecule has 0 bridgehead atoms. The predicted octanol–water partition coefficient (Wildman–Crippen LogP) is 2.86. The lowest BCUT2D eigenvalue weighted by Gasteiger charge is -2.10. The van der Waals surface area contributed by atoms with Gasteiger partial charge in [-0.05, 0) is 36.8 Å². The van der Waals surface area contributed by atoms with E-state index < -0.39 is 0 Å². The molecule has 0 aliphatic carbocycles. The summed E-state index contributed by atoms with van der Waals surface area (Å²) in [6, 6.07) is 12.8. The van der Waals surface area contributed by atoms with Gasteiger partial charge in [0.25, 0.3) is 5.91 Å². The number of aromatic nitrogens is 3. The summed E-state index contributed by atoms with van der Waals surface area (Å²) in [5.74, 6) is 0.801.